The Labute approximate surface area is 40.4 Å². The highest BCUT2D eigenvalue weighted by Crippen LogP contribution is 2.54. The van der Waals surface area contributed by atoms with Crippen LogP contribution in [-0.4, -0.2) is 0 Å². The average molecular weight is 144 g/mol. The summed E-state index contributed by atoms with van der Waals surface area (Å²) in [6, 6.07) is 0. The number of hydrogen-bond acceptors (Lipinski definition) is 0. The van der Waals surface area contributed by atoms with E-state index in [1.54, 1.807) is 0 Å². The first kappa shape index (κ1) is 15.8. The van der Waals surface area contributed by atoms with Gasteiger partial charge >= 0.3 is 11.6 Å². The molecule has 0 fully saturated rings. The minimum atomic E-state index is -6.17. The van der Waals surface area contributed by atoms with E-state index in [1.807, 2.05) is 0 Å². The molecule has 0 rings (SSSR count). The predicted molar refractivity (Wildman–Crippen MR) is 21.3 cm³/mol. The molecule has 0 unspecified atom stereocenters. The van der Waals surface area contributed by atoms with Gasteiger partial charge in [-0.3, -0.25) is 4.70 Å². The van der Waals surface area contributed by atoms with E-state index in [2.05, 4.69) is 0 Å². The van der Waals surface area contributed by atoms with Crippen molar-refractivity contribution in [2.45, 2.75) is 7.43 Å². The van der Waals surface area contributed by atoms with E-state index >= 15 is 0 Å². The van der Waals surface area contributed by atoms with Crippen molar-refractivity contribution >= 4 is 11.6 Å². The molecule has 0 aliphatic rings. The van der Waals surface area contributed by atoms with Gasteiger partial charge in [0.25, 0.3) is 0 Å². The van der Waals surface area contributed by atoms with Gasteiger partial charge in [0, 0.05) is 0 Å². The summed E-state index contributed by atoms with van der Waals surface area (Å²) in [7, 11) is 0. The zero-order valence-electron chi connectivity index (χ0n) is 2.33. The lowest BCUT2D eigenvalue weighted by atomic mass is 12.0. The molecule has 50 valence electrons. The highest BCUT2D eigenvalue weighted by molar-refractivity contribution is 8.16. The molecule has 0 saturated carbocycles. The van der Waals surface area contributed by atoms with Crippen molar-refractivity contribution in [2.75, 3.05) is 0 Å². The molecule has 0 nitrogen and oxygen atoms in total. The van der Waals surface area contributed by atoms with E-state index in [-0.39, 0.29) is 12.1 Å². The van der Waals surface area contributed by atoms with Gasteiger partial charge in [0.15, 0.2) is 0 Å². The first-order chi connectivity index (χ1) is 2.00. The Morgan fingerprint density at radius 3 is 0.857 bits per heavy atom. The van der Waals surface area contributed by atoms with Crippen molar-refractivity contribution < 1.29 is 20.2 Å². The molecule has 0 saturated heterocycles. The normalized spacial score (nSPS) is 10.9. The van der Waals surface area contributed by atoms with Crippen LogP contribution in [0.5, 0.6) is 0 Å². The second kappa shape index (κ2) is 4.17. The van der Waals surface area contributed by atoms with Crippen molar-refractivity contribution in [3.05, 3.63) is 0 Å². The van der Waals surface area contributed by atoms with Gasteiger partial charge in [-0.15, -0.1) is 0 Å². The standard InChI is InChI=1S/CH4.F4S.FH/c;1-5(2,3)4;/h1H4;;1H. The van der Waals surface area contributed by atoms with E-state index in [4.69, 9.17) is 0 Å². The Bertz CT molecular complexity index is 23.6. The molecule has 0 N–H and O–H groups in total. The summed E-state index contributed by atoms with van der Waals surface area (Å²) in [6.07, 6.45) is 0. The molecule has 7 heavy (non-hydrogen) atoms. The third-order valence-corrected chi connectivity index (χ3v) is 0. The molecule has 0 amide bonds. The van der Waals surface area contributed by atoms with Crippen LogP contribution in [0.15, 0.2) is 0 Å². The lowest BCUT2D eigenvalue weighted by Crippen LogP contribution is -1.47. The Kier molecular flexibility index (Phi) is 9.38. The zero-order valence-corrected chi connectivity index (χ0v) is 3.14. The van der Waals surface area contributed by atoms with Gasteiger partial charge in [0.05, 0.1) is 0 Å². The highest BCUT2D eigenvalue weighted by Gasteiger charge is 2.16. The van der Waals surface area contributed by atoms with Crippen molar-refractivity contribution in [1.82, 2.24) is 0 Å². The van der Waals surface area contributed by atoms with Crippen LogP contribution in [0, 0.1) is 0 Å². The minimum Gasteiger partial charge on any atom is -0.269 e. The van der Waals surface area contributed by atoms with E-state index in [0.717, 1.165) is 0 Å². The first-order valence-corrected chi connectivity index (χ1v) is 1.85. The maximum Gasteiger partial charge on any atom is 0.379 e. The number of hydrogen-bond donors (Lipinski definition) is 0. The molecular weight excluding hydrogens is 139 g/mol. The van der Waals surface area contributed by atoms with Gasteiger partial charge in [-0.25, -0.2) is 0 Å². The van der Waals surface area contributed by atoms with Crippen LogP contribution in [0.2, 0.25) is 0 Å². The smallest absolute Gasteiger partial charge is 0.269 e. The van der Waals surface area contributed by atoms with Gasteiger partial charge in [-0.2, -0.15) is 0 Å². The predicted octanol–water partition coefficient (Wildman–Crippen LogP) is 3.12. The summed E-state index contributed by atoms with van der Waals surface area (Å²) in [5.74, 6) is 0. The van der Waals surface area contributed by atoms with Crippen molar-refractivity contribution in [3.8, 4) is 0 Å². The fourth-order valence-corrected chi connectivity index (χ4v) is 0. The third-order valence-electron chi connectivity index (χ3n) is 0. The van der Waals surface area contributed by atoms with Crippen LogP contribution < -0.4 is 0 Å². The SMILES string of the molecule is C.F.FS(F)(F)F. The van der Waals surface area contributed by atoms with E-state index < -0.39 is 11.6 Å². The molecule has 0 heterocycles. The third kappa shape index (κ3) is 31200000000000001530127419694907392. The second-order valence-electron chi connectivity index (χ2n) is 0.350. The summed E-state index contributed by atoms with van der Waals surface area (Å²) in [5.41, 5.74) is 0. The van der Waals surface area contributed by atoms with Gasteiger partial charge in [0.1, 0.15) is 0 Å². The van der Waals surface area contributed by atoms with E-state index in [0.29, 0.717) is 0 Å². The van der Waals surface area contributed by atoms with E-state index in [1.165, 1.54) is 0 Å². The van der Waals surface area contributed by atoms with Crippen molar-refractivity contribution in [2.24, 2.45) is 0 Å². The van der Waals surface area contributed by atoms with Crippen LogP contribution in [0.1, 0.15) is 7.43 Å². The van der Waals surface area contributed by atoms with Crippen LogP contribution in [0.3, 0.4) is 0 Å². The largest absolute Gasteiger partial charge is 0.379 e. The Hall–Kier alpha value is -0.0000000000000000555. The molecule has 6 heteroatoms. The number of halogens is 5. The first-order valence-electron chi connectivity index (χ1n) is 0.617. The highest BCUT2D eigenvalue weighted by atomic mass is 32.4. The summed E-state index contributed by atoms with van der Waals surface area (Å²) >= 11 is -6.17. The summed E-state index contributed by atoms with van der Waals surface area (Å²) in [5, 5.41) is 0. The molecule has 0 bridgehead atoms. The minimum absolute atomic E-state index is 0. The van der Waals surface area contributed by atoms with Crippen LogP contribution >= 0.6 is 11.6 Å². The molecule has 0 aromatic rings. The monoisotopic (exact) mass is 144 g/mol. The molecule has 0 radical (unpaired) electrons. The maximum absolute atomic E-state index is 9.77. The fraction of sp³-hybridized carbons (Fsp3) is 1.00. The van der Waals surface area contributed by atoms with E-state index in [9.17, 15) is 15.5 Å². The van der Waals surface area contributed by atoms with Crippen LogP contribution in [0.4, 0.5) is 20.2 Å². The lowest BCUT2D eigenvalue weighted by molar-refractivity contribution is 0.543. The van der Waals surface area contributed by atoms with Crippen LogP contribution in [0.25, 0.3) is 0 Å². The number of rotatable bonds is 0. The van der Waals surface area contributed by atoms with Crippen LogP contribution in [-0.2, 0) is 0 Å². The molecule has 0 spiro atoms. The molecule has 0 aliphatic carbocycles. The Morgan fingerprint density at radius 1 is 0.857 bits per heavy atom. The average Bonchev–Trinajstić information content (AvgIpc) is 0.722. The molecular formula is CH5F5S. The molecule has 0 aromatic carbocycles. The second-order valence-corrected chi connectivity index (χ2v) is 1.05. The molecule has 0 aliphatic heterocycles. The lowest BCUT2D eigenvalue weighted by Gasteiger charge is -1.87. The van der Waals surface area contributed by atoms with Gasteiger partial charge in [-0.05, 0) is 0 Å². The fourth-order valence-electron chi connectivity index (χ4n) is 0. The Balaban J connectivity index is -0.0000000800. The molecule has 0 atom stereocenters. The maximum atomic E-state index is 9.77. The molecule has 0 aromatic heterocycles. The zero-order chi connectivity index (χ0) is 4.50. The summed E-state index contributed by atoms with van der Waals surface area (Å²) < 4.78 is 39.1. The summed E-state index contributed by atoms with van der Waals surface area (Å²) in [6.45, 7) is 0. The van der Waals surface area contributed by atoms with Gasteiger partial charge < -0.3 is 0 Å². The van der Waals surface area contributed by atoms with Crippen molar-refractivity contribution in [3.63, 3.8) is 0 Å². The van der Waals surface area contributed by atoms with Gasteiger partial charge in [0.2, 0.25) is 0 Å². The summed E-state index contributed by atoms with van der Waals surface area (Å²) in [4.78, 5) is 0. The van der Waals surface area contributed by atoms with Crippen molar-refractivity contribution in [1.29, 1.82) is 0 Å². The quantitative estimate of drug-likeness (QED) is 0.458. The van der Waals surface area contributed by atoms with Gasteiger partial charge in [-0.1, -0.05) is 23.0 Å². The topological polar surface area (TPSA) is 0 Å². The Morgan fingerprint density at radius 2 is 0.857 bits per heavy atom.